The Morgan fingerprint density at radius 1 is 1.29 bits per heavy atom. The molecule has 122 valence electrons. The number of hydrogen-bond acceptors (Lipinski definition) is 2. The molecule has 0 spiro atoms. The first kappa shape index (κ1) is 16.1. The van der Waals surface area contributed by atoms with Crippen molar-refractivity contribution in [3.05, 3.63) is 65.5 Å². The number of aryl methyl sites for hydroxylation is 1. The van der Waals surface area contributed by atoms with Crippen molar-refractivity contribution >= 4 is 6.03 Å². The van der Waals surface area contributed by atoms with Gasteiger partial charge in [0.1, 0.15) is 0 Å². The lowest BCUT2D eigenvalue weighted by Gasteiger charge is -2.28. The number of fused-ring (bicyclic) bond motifs is 1. The number of nitrogens with one attached hydrogen (secondary N) is 1. The zero-order chi connectivity index (χ0) is 16.8. The van der Waals surface area contributed by atoms with Gasteiger partial charge in [0, 0.05) is 24.9 Å². The van der Waals surface area contributed by atoms with Gasteiger partial charge in [-0.2, -0.15) is 0 Å². The van der Waals surface area contributed by atoms with Gasteiger partial charge < -0.3 is 10.2 Å². The van der Waals surface area contributed by atoms with E-state index in [0.29, 0.717) is 19.5 Å². The molecule has 3 rings (SSSR count). The highest BCUT2D eigenvalue weighted by Crippen LogP contribution is 2.35. The van der Waals surface area contributed by atoms with Gasteiger partial charge in [-0.3, -0.25) is 4.98 Å². The van der Waals surface area contributed by atoms with E-state index >= 15 is 0 Å². The summed E-state index contributed by atoms with van der Waals surface area (Å²) in [4.78, 5) is 18.7. The van der Waals surface area contributed by atoms with Gasteiger partial charge in [0.05, 0.1) is 12.6 Å². The van der Waals surface area contributed by atoms with Crippen molar-refractivity contribution in [2.75, 3.05) is 13.1 Å². The summed E-state index contributed by atoms with van der Waals surface area (Å²) in [6.07, 6.45) is 9.87. The van der Waals surface area contributed by atoms with E-state index in [0.717, 1.165) is 18.5 Å². The Morgan fingerprint density at radius 3 is 2.92 bits per heavy atom. The molecule has 1 N–H and O–H groups in total. The van der Waals surface area contributed by atoms with Gasteiger partial charge in [-0.25, -0.2) is 4.79 Å². The molecule has 1 aromatic carbocycles. The molecule has 0 saturated heterocycles. The molecular weight excluding hydrogens is 298 g/mol. The Balaban J connectivity index is 1.63. The SMILES string of the molecule is C#CCN(C(=O)NCCc1ccccn1)C1CCc2ccccc21. The van der Waals surface area contributed by atoms with Crippen LogP contribution >= 0.6 is 0 Å². The van der Waals surface area contributed by atoms with Crippen LogP contribution in [0.15, 0.2) is 48.7 Å². The van der Waals surface area contributed by atoms with Crippen LogP contribution < -0.4 is 5.32 Å². The van der Waals surface area contributed by atoms with Gasteiger partial charge in [-0.15, -0.1) is 6.42 Å². The molecular formula is C20H21N3O. The molecule has 1 unspecified atom stereocenters. The van der Waals surface area contributed by atoms with E-state index < -0.39 is 0 Å². The number of hydrogen-bond donors (Lipinski definition) is 1. The number of aromatic nitrogens is 1. The van der Waals surface area contributed by atoms with Crippen molar-refractivity contribution in [2.24, 2.45) is 0 Å². The molecule has 4 nitrogen and oxygen atoms in total. The number of benzene rings is 1. The predicted octanol–water partition coefficient (Wildman–Crippen LogP) is 2.96. The van der Waals surface area contributed by atoms with Crippen LogP contribution in [0.4, 0.5) is 4.79 Å². The summed E-state index contributed by atoms with van der Waals surface area (Å²) in [7, 11) is 0. The third-order valence-electron chi connectivity index (χ3n) is 4.38. The number of carbonyl (C=O) groups is 1. The minimum atomic E-state index is -0.106. The first-order chi connectivity index (χ1) is 11.8. The highest BCUT2D eigenvalue weighted by atomic mass is 16.2. The van der Waals surface area contributed by atoms with Crippen LogP contribution in [0.3, 0.4) is 0 Å². The van der Waals surface area contributed by atoms with Crippen LogP contribution in [0, 0.1) is 12.3 Å². The Hall–Kier alpha value is -2.80. The number of pyridine rings is 1. The summed E-state index contributed by atoms with van der Waals surface area (Å²) in [6, 6.07) is 14.0. The minimum Gasteiger partial charge on any atom is -0.338 e. The third kappa shape index (κ3) is 3.57. The number of carbonyl (C=O) groups excluding carboxylic acids is 1. The second kappa shape index (κ2) is 7.65. The molecule has 1 heterocycles. The maximum Gasteiger partial charge on any atom is 0.318 e. The van der Waals surface area contributed by atoms with Gasteiger partial charge in [0.2, 0.25) is 0 Å². The topological polar surface area (TPSA) is 45.2 Å². The number of nitrogens with zero attached hydrogens (tertiary/aromatic N) is 2. The summed E-state index contributed by atoms with van der Waals surface area (Å²) in [6.45, 7) is 0.861. The Kier molecular flexibility index (Phi) is 5.12. The Bertz CT molecular complexity index is 736. The molecule has 1 aromatic heterocycles. The number of amides is 2. The van der Waals surface area contributed by atoms with E-state index in [1.165, 1.54) is 11.1 Å². The molecule has 0 bridgehead atoms. The van der Waals surface area contributed by atoms with Crippen molar-refractivity contribution in [1.29, 1.82) is 0 Å². The lowest BCUT2D eigenvalue weighted by molar-refractivity contribution is 0.183. The molecule has 0 aliphatic heterocycles. The molecule has 4 heteroatoms. The van der Waals surface area contributed by atoms with Crippen LogP contribution in [0.2, 0.25) is 0 Å². The van der Waals surface area contributed by atoms with E-state index in [1.54, 1.807) is 11.1 Å². The van der Waals surface area contributed by atoms with Gasteiger partial charge in [0.25, 0.3) is 0 Å². The van der Waals surface area contributed by atoms with E-state index in [1.807, 2.05) is 30.3 Å². The van der Waals surface area contributed by atoms with Crippen molar-refractivity contribution in [1.82, 2.24) is 15.2 Å². The van der Waals surface area contributed by atoms with Gasteiger partial charge in [-0.05, 0) is 36.1 Å². The second-order valence-electron chi connectivity index (χ2n) is 5.89. The standard InChI is InChI=1S/C20H21N3O/c1-2-15-23(19-11-10-16-7-3-4-9-18(16)19)20(24)22-14-12-17-8-5-6-13-21-17/h1,3-9,13,19H,10-12,14-15H2,(H,22,24). The minimum absolute atomic E-state index is 0.0621. The number of terminal acetylenes is 1. The lowest BCUT2D eigenvalue weighted by atomic mass is 10.1. The highest BCUT2D eigenvalue weighted by Gasteiger charge is 2.30. The smallest absolute Gasteiger partial charge is 0.318 e. The third-order valence-corrected chi connectivity index (χ3v) is 4.38. The molecule has 0 radical (unpaired) electrons. The van der Waals surface area contributed by atoms with Gasteiger partial charge in [-0.1, -0.05) is 36.3 Å². The van der Waals surface area contributed by atoms with Crippen LogP contribution in [-0.4, -0.2) is 29.0 Å². The molecule has 1 aliphatic carbocycles. The van der Waals surface area contributed by atoms with E-state index in [9.17, 15) is 4.79 Å². The van der Waals surface area contributed by atoms with Crippen molar-refractivity contribution in [3.63, 3.8) is 0 Å². The summed E-state index contributed by atoms with van der Waals surface area (Å²) in [5.41, 5.74) is 3.49. The molecule has 24 heavy (non-hydrogen) atoms. The molecule has 0 saturated carbocycles. The highest BCUT2D eigenvalue weighted by molar-refractivity contribution is 5.75. The quantitative estimate of drug-likeness (QED) is 0.861. The lowest BCUT2D eigenvalue weighted by Crippen LogP contribution is -2.42. The molecule has 2 amide bonds. The van der Waals surface area contributed by atoms with Crippen molar-refractivity contribution < 1.29 is 4.79 Å². The maximum absolute atomic E-state index is 12.6. The molecule has 1 atom stereocenters. The average Bonchev–Trinajstić information content (AvgIpc) is 3.04. The second-order valence-corrected chi connectivity index (χ2v) is 5.89. The van der Waals surface area contributed by atoms with E-state index in [2.05, 4.69) is 28.4 Å². The summed E-state index contributed by atoms with van der Waals surface area (Å²) >= 11 is 0. The van der Waals surface area contributed by atoms with Crippen molar-refractivity contribution in [3.8, 4) is 12.3 Å². The maximum atomic E-state index is 12.6. The fraction of sp³-hybridized carbons (Fsp3) is 0.300. The molecule has 1 aliphatic rings. The fourth-order valence-electron chi connectivity index (χ4n) is 3.23. The normalized spacial score (nSPS) is 15.4. The van der Waals surface area contributed by atoms with Crippen LogP contribution in [0.5, 0.6) is 0 Å². The van der Waals surface area contributed by atoms with E-state index in [4.69, 9.17) is 6.42 Å². The summed E-state index contributed by atoms with van der Waals surface area (Å²) in [5.74, 6) is 2.62. The van der Waals surface area contributed by atoms with Gasteiger partial charge in [0.15, 0.2) is 0 Å². The van der Waals surface area contributed by atoms with E-state index in [-0.39, 0.29) is 12.1 Å². The molecule has 0 fully saturated rings. The zero-order valence-corrected chi connectivity index (χ0v) is 13.6. The molecule has 2 aromatic rings. The fourth-order valence-corrected chi connectivity index (χ4v) is 3.23. The van der Waals surface area contributed by atoms with Crippen molar-refractivity contribution in [2.45, 2.75) is 25.3 Å². The van der Waals surface area contributed by atoms with Crippen LogP contribution in [0.25, 0.3) is 0 Å². The van der Waals surface area contributed by atoms with Crippen LogP contribution in [0.1, 0.15) is 29.3 Å². The predicted molar refractivity (Wildman–Crippen MR) is 94.4 cm³/mol. The summed E-state index contributed by atoms with van der Waals surface area (Å²) < 4.78 is 0. The average molecular weight is 319 g/mol. The first-order valence-corrected chi connectivity index (χ1v) is 8.25. The van der Waals surface area contributed by atoms with Gasteiger partial charge >= 0.3 is 6.03 Å². The Morgan fingerprint density at radius 2 is 2.12 bits per heavy atom. The first-order valence-electron chi connectivity index (χ1n) is 8.25. The van der Waals surface area contributed by atoms with Crippen LogP contribution in [-0.2, 0) is 12.8 Å². The largest absolute Gasteiger partial charge is 0.338 e. The number of urea groups is 1. The zero-order valence-electron chi connectivity index (χ0n) is 13.6. The monoisotopic (exact) mass is 319 g/mol. The number of rotatable bonds is 5. The Labute approximate surface area is 142 Å². The summed E-state index contributed by atoms with van der Waals surface area (Å²) in [5, 5.41) is 2.98.